The van der Waals surface area contributed by atoms with E-state index in [0.717, 1.165) is 38.7 Å². The van der Waals surface area contributed by atoms with Gasteiger partial charge in [-0.05, 0) is 44.5 Å². The monoisotopic (exact) mass is 342 g/mol. The van der Waals surface area contributed by atoms with Crippen LogP contribution in [0.3, 0.4) is 0 Å². The summed E-state index contributed by atoms with van der Waals surface area (Å²) in [4.78, 5) is 6.98. The molecule has 0 saturated carbocycles. The van der Waals surface area contributed by atoms with Gasteiger partial charge in [-0.3, -0.25) is 9.67 Å². The van der Waals surface area contributed by atoms with Crippen LogP contribution in [0.4, 0.5) is 5.69 Å². The Morgan fingerprint density at radius 1 is 1.24 bits per heavy atom. The molecule has 1 heterocycles. The zero-order valence-electron chi connectivity index (χ0n) is 15.6. The van der Waals surface area contributed by atoms with Crippen molar-refractivity contribution in [3.05, 3.63) is 48.3 Å². The number of benzene rings is 1. The van der Waals surface area contributed by atoms with Gasteiger partial charge in [0.2, 0.25) is 0 Å². The molecule has 0 radical (unpaired) electrons. The maximum Gasteiger partial charge on any atom is 0.191 e. The molecule has 136 valence electrons. The summed E-state index contributed by atoms with van der Waals surface area (Å²) in [5.74, 6) is 0.856. The SMILES string of the molecule is CCNC(=NCCn1cccn1)NCCN(CC)c1cccc(C)c1. The molecule has 6 nitrogen and oxygen atoms in total. The summed E-state index contributed by atoms with van der Waals surface area (Å²) in [5, 5.41) is 10.9. The smallest absolute Gasteiger partial charge is 0.191 e. The van der Waals surface area contributed by atoms with Gasteiger partial charge in [-0.1, -0.05) is 12.1 Å². The van der Waals surface area contributed by atoms with E-state index in [-0.39, 0.29) is 0 Å². The first-order valence-electron chi connectivity index (χ1n) is 9.04. The first kappa shape index (κ1) is 18.8. The van der Waals surface area contributed by atoms with Crippen molar-refractivity contribution in [2.75, 3.05) is 37.6 Å². The number of guanidine groups is 1. The molecule has 2 aromatic rings. The van der Waals surface area contributed by atoms with Crippen LogP contribution in [0, 0.1) is 6.92 Å². The topological polar surface area (TPSA) is 57.5 Å². The van der Waals surface area contributed by atoms with Crippen LogP contribution in [-0.4, -0.2) is 48.5 Å². The molecule has 0 aliphatic carbocycles. The molecule has 2 rings (SSSR count). The van der Waals surface area contributed by atoms with Crippen LogP contribution in [0.2, 0.25) is 0 Å². The molecule has 0 bridgehead atoms. The zero-order chi connectivity index (χ0) is 17.9. The highest BCUT2D eigenvalue weighted by atomic mass is 15.3. The lowest BCUT2D eigenvalue weighted by Gasteiger charge is -2.24. The number of likely N-dealkylation sites (N-methyl/N-ethyl adjacent to an activating group) is 1. The Morgan fingerprint density at radius 2 is 2.12 bits per heavy atom. The average molecular weight is 342 g/mol. The van der Waals surface area contributed by atoms with Crippen LogP contribution >= 0.6 is 0 Å². The molecule has 0 amide bonds. The fourth-order valence-electron chi connectivity index (χ4n) is 2.64. The minimum absolute atomic E-state index is 0.701. The number of anilines is 1. The largest absolute Gasteiger partial charge is 0.370 e. The molecule has 25 heavy (non-hydrogen) atoms. The number of nitrogens with zero attached hydrogens (tertiary/aromatic N) is 4. The van der Waals surface area contributed by atoms with Crippen molar-refractivity contribution in [1.82, 2.24) is 20.4 Å². The molecule has 0 aliphatic heterocycles. The van der Waals surface area contributed by atoms with Crippen molar-refractivity contribution in [2.45, 2.75) is 27.3 Å². The van der Waals surface area contributed by atoms with E-state index in [0.29, 0.717) is 6.54 Å². The highest BCUT2D eigenvalue weighted by molar-refractivity contribution is 5.79. The van der Waals surface area contributed by atoms with E-state index >= 15 is 0 Å². The van der Waals surface area contributed by atoms with E-state index in [4.69, 9.17) is 0 Å². The number of aryl methyl sites for hydroxylation is 1. The molecule has 0 unspecified atom stereocenters. The second-order valence-electron chi connectivity index (χ2n) is 5.88. The van der Waals surface area contributed by atoms with Crippen LogP contribution in [0.5, 0.6) is 0 Å². The normalized spacial score (nSPS) is 11.4. The van der Waals surface area contributed by atoms with E-state index in [1.54, 1.807) is 6.20 Å². The third-order valence-electron chi connectivity index (χ3n) is 3.93. The van der Waals surface area contributed by atoms with Gasteiger partial charge in [0.1, 0.15) is 0 Å². The predicted molar refractivity (Wildman–Crippen MR) is 105 cm³/mol. The Hall–Kier alpha value is -2.50. The number of aliphatic imine (C=N–C) groups is 1. The lowest BCUT2D eigenvalue weighted by Crippen LogP contribution is -2.41. The van der Waals surface area contributed by atoms with Crippen LogP contribution < -0.4 is 15.5 Å². The maximum atomic E-state index is 4.61. The lowest BCUT2D eigenvalue weighted by molar-refractivity contribution is 0.622. The van der Waals surface area contributed by atoms with Gasteiger partial charge in [0.25, 0.3) is 0 Å². The van der Waals surface area contributed by atoms with Crippen molar-refractivity contribution in [1.29, 1.82) is 0 Å². The predicted octanol–water partition coefficient (Wildman–Crippen LogP) is 2.27. The Balaban J connectivity index is 1.82. The molecule has 1 aromatic carbocycles. The zero-order valence-corrected chi connectivity index (χ0v) is 15.6. The third kappa shape index (κ3) is 6.49. The first-order chi connectivity index (χ1) is 12.2. The van der Waals surface area contributed by atoms with Gasteiger partial charge in [-0.25, -0.2) is 0 Å². The molecular formula is C19H30N6. The van der Waals surface area contributed by atoms with E-state index < -0.39 is 0 Å². The fourth-order valence-corrected chi connectivity index (χ4v) is 2.64. The second kappa shape index (κ2) is 10.4. The van der Waals surface area contributed by atoms with Crippen LogP contribution in [0.25, 0.3) is 0 Å². The average Bonchev–Trinajstić information content (AvgIpc) is 3.12. The van der Waals surface area contributed by atoms with Crippen molar-refractivity contribution in [3.63, 3.8) is 0 Å². The number of hydrogen-bond donors (Lipinski definition) is 2. The minimum Gasteiger partial charge on any atom is -0.370 e. The number of hydrogen-bond acceptors (Lipinski definition) is 3. The van der Waals surface area contributed by atoms with Crippen LogP contribution in [0.1, 0.15) is 19.4 Å². The van der Waals surface area contributed by atoms with Gasteiger partial charge in [-0.15, -0.1) is 0 Å². The summed E-state index contributed by atoms with van der Waals surface area (Å²) in [5.41, 5.74) is 2.56. The molecule has 0 spiro atoms. The quantitative estimate of drug-likeness (QED) is 0.542. The molecule has 2 N–H and O–H groups in total. The van der Waals surface area contributed by atoms with Gasteiger partial charge in [0.15, 0.2) is 5.96 Å². The van der Waals surface area contributed by atoms with Gasteiger partial charge in [0.05, 0.1) is 13.1 Å². The van der Waals surface area contributed by atoms with Crippen molar-refractivity contribution in [2.24, 2.45) is 4.99 Å². The molecule has 0 aliphatic rings. The van der Waals surface area contributed by atoms with Gasteiger partial charge < -0.3 is 15.5 Å². The van der Waals surface area contributed by atoms with Crippen LogP contribution in [-0.2, 0) is 6.54 Å². The minimum atomic E-state index is 0.701. The fraction of sp³-hybridized carbons (Fsp3) is 0.474. The Bertz CT molecular complexity index is 635. The van der Waals surface area contributed by atoms with E-state index in [2.05, 4.69) is 70.7 Å². The standard InChI is InChI=1S/C19H30N6/c1-4-20-19(22-12-15-25-13-7-10-23-25)21-11-14-24(5-2)18-9-6-8-17(3)16-18/h6-10,13,16H,4-5,11-12,14-15H2,1-3H3,(H2,20,21,22). The Morgan fingerprint density at radius 3 is 2.80 bits per heavy atom. The number of rotatable bonds is 9. The molecule has 0 atom stereocenters. The van der Waals surface area contributed by atoms with Crippen molar-refractivity contribution >= 4 is 11.6 Å². The Labute approximate surface area is 151 Å². The summed E-state index contributed by atoms with van der Waals surface area (Å²) in [6.07, 6.45) is 3.74. The van der Waals surface area contributed by atoms with Crippen LogP contribution in [0.15, 0.2) is 47.7 Å². The summed E-state index contributed by atoms with van der Waals surface area (Å²) < 4.78 is 1.89. The highest BCUT2D eigenvalue weighted by Gasteiger charge is 2.05. The third-order valence-corrected chi connectivity index (χ3v) is 3.93. The highest BCUT2D eigenvalue weighted by Crippen LogP contribution is 2.14. The van der Waals surface area contributed by atoms with Gasteiger partial charge >= 0.3 is 0 Å². The summed E-state index contributed by atoms with van der Waals surface area (Å²) >= 11 is 0. The van der Waals surface area contributed by atoms with Gasteiger partial charge in [-0.2, -0.15) is 5.10 Å². The lowest BCUT2D eigenvalue weighted by atomic mass is 10.2. The van der Waals surface area contributed by atoms with E-state index in [1.165, 1.54) is 11.3 Å². The van der Waals surface area contributed by atoms with Gasteiger partial charge in [0, 0.05) is 44.3 Å². The van der Waals surface area contributed by atoms with Crippen molar-refractivity contribution < 1.29 is 0 Å². The molecule has 1 aromatic heterocycles. The molecule has 0 fully saturated rings. The Kier molecular flexibility index (Phi) is 7.82. The second-order valence-corrected chi connectivity index (χ2v) is 5.88. The number of nitrogens with one attached hydrogen (secondary N) is 2. The molecular weight excluding hydrogens is 312 g/mol. The first-order valence-corrected chi connectivity index (χ1v) is 9.04. The number of aromatic nitrogens is 2. The van der Waals surface area contributed by atoms with E-state index in [1.807, 2.05) is 16.9 Å². The molecule has 6 heteroatoms. The molecule has 0 saturated heterocycles. The van der Waals surface area contributed by atoms with E-state index in [9.17, 15) is 0 Å². The summed E-state index contributed by atoms with van der Waals surface area (Å²) in [7, 11) is 0. The maximum absolute atomic E-state index is 4.61. The summed E-state index contributed by atoms with van der Waals surface area (Å²) in [6.45, 7) is 11.5. The summed E-state index contributed by atoms with van der Waals surface area (Å²) in [6, 6.07) is 10.6. The van der Waals surface area contributed by atoms with Crippen molar-refractivity contribution in [3.8, 4) is 0 Å².